The van der Waals surface area contributed by atoms with Gasteiger partial charge in [-0.1, -0.05) is 0 Å². The van der Waals surface area contributed by atoms with E-state index < -0.39 is 11.2 Å². The number of hydrogen-bond acceptors (Lipinski definition) is 4. The van der Waals surface area contributed by atoms with Crippen molar-refractivity contribution in [1.82, 2.24) is 19.1 Å². The molecule has 0 radical (unpaired) electrons. The summed E-state index contributed by atoms with van der Waals surface area (Å²) in [5.74, 6) is 0.560. The van der Waals surface area contributed by atoms with Gasteiger partial charge in [0.1, 0.15) is 11.3 Å². The van der Waals surface area contributed by atoms with Crippen LogP contribution in [0.4, 0.5) is 0 Å². The van der Waals surface area contributed by atoms with E-state index in [2.05, 4.69) is 9.97 Å². The summed E-state index contributed by atoms with van der Waals surface area (Å²) in [6.45, 7) is 1.86. The molecule has 7 nitrogen and oxygen atoms in total. The molecule has 0 aliphatic carbocycles. The van der Waals surface area contributed by atoms with E-state index in [4.69, 9.17) is 5.11 Å². The summed E-state index contributed by atoms with van der Waals surface area (Å²) in [7, 11) is 1.40. The molecule has 0 saturated heterocycles. The highest BCUT2D eigenvalue weighted by atomic mass is 16.2. The maximum Gasteiger partial charge on any atom is 0.332 e. The normalized spacial score (nSPS) is 11.6. The Kier molecular flexibility index (Phi) is 2.58. The first kappa shape index (κ1) is 11.2. The van der Waals surface area contributed by atoms with E-state index in [1.807, 2.05) is 0 Å². The lowest BCUT2D eigenvalue weighted by Crippen LogP contribution is -2.38. The second-order valence-electron chi connectivity index (χ2n) is 3.66. The zero-order chi connectivity index (χ0) is 12.6. The maximum absolute atomic E-state index is 11.9. The molecule has 7 heteroatoms. The lowest BCUT2D eigenvalue weighted by molar-refractivity contribution is 0.469. The Morgan fingerprint density at radius 3 is 2.82 bits per heavy atom. The zero-order valence-electron chi connectivity index (χ0n) is 9.47. The van der Waals surface area contributed by atoms with Gasteiger partial charge in [0.05, 0.1) is 12.8 Å². The van der Waals surface area contributed by atoms with Crippen molar-refractivity contribution in [3.8, 4) is 0 Å². The SMILES string of the molecule is Cc1nc2c([nH]1)c(=O)n(C)c(=O)n2CC=CO. The molecule has 2 aromatic rings. The molecule has 2 aromatic heterocycles. The van der Waals surface area contributed by atoms with E-state index in [-0.39, 0.29) is 12.1 Å². The van der Waals surface area contributed by atoms with Crippen LogP contribution in [0.3, 0.4) is 0 Å². The first-order valence-corrected chi connectivity index (χ1v) is 5.01. The zero-order valence-corrected chi connectivity index (χ0v) is 9.47. The van der Waals surface area contributed by atoms with Crippen molar-refractivity contribution < 1.29 is 5.11 Å². The summed E-state index contributed by atoms with van der Waals surface area (Å²) in [6, 6.07) is 0. The van der Waals surface area contributed by atoms with E-state index in [0.717, 1.165) is 10.8 Å². The number of aryl methyl sites for hydroxylation is 1. The molecule has 0 aromatic carbocycles. The van der Waals surface area contributed by atoms with Crippen molar-refractivity contribution in [2.24, 2.45) is 7.05 Å². The summed E-state index contributed by atoms with van der Waals surface area (Å²) in [5, 5.41) is 8.63. The van der Waals surface area contributed by atoms with Crippen molar-refractivity contribution in [3.05, 3.63) is 39.0 Å². The minimum absolute atomic E-state index is 0.157. The van der Waals surface area contributed by atoms with Gasteiger partial charge in [-0.2, -0.15) is 0 Å². The molecule has 90 valence electrons. The number of H-pyrrole nitrogens is 1. The number of imidazole rings is 1. The van der Waals surface area contributed by atoms with Gasteiger partial charge in [-0.3, -0.25) is 13.9 Å². The Hall–Kier alpha value is -2.31. The number of nitrogens with zero attached hydrogens (tertiary/aromatic N) is 3. The van der Waals surface area contributed by atoms with Crippen LogP contribution in [0.1, 0.15) is 5.82 Å². The number of aliphatic hydroxyl groups excluding tert-OH is 1. The molecule has 0 aliphatic rings. The Morgan fingerprint density at radius 2 is 2.18 bits per heavy atom. The van der Waals surface area contributed by atoms with Crippen LogP contribution < -0.4 is 11.2 Å². The monoisotopic (exact) mass is 236 g/mol. The highest BCUT2D eigenvalue weighted by Crippen LogP contribution is 2.04. The summed E-state index contributed by atoms with van der Waals surface area (Å²) in [6.07, 6.45) is 2.25. The van der Waals surface area contributed by atoms with Gasteiger partial charge in [0.15, 0.2) is 5.65 Å². The predicted octanol–water partition coefficient (Wildman–Crippen LogP) is -0.197. The number of allylic oxidation sites excluding steroid dienone is 1. The van der Waals surface area contributed by atoms with Crippen molar-refractivity contribution >= 4 is 11.2 Å². The number of aromatic amines is 1. The summed E-state index contributed by atoms with van der Waals surface area (Å²) in [4.78, 5) is 30.6. The van der Waals surface area contributed by atoms with Gasteiger partial charge in [0.25, 0.3) is 5.56 Å². The third-order valence-corrected chi connectivity index (χ3v) is 2.49. The fourth-order valence-electron chi connectivity index (χ4n) is 1.67. The Bertz CT molecular complexity index is 705. The fraction of sp³-hybridized carbons (Fsp3) is 0.300. The molecule has 2 rings (SSSR count). The predicted molar refractivity (Wildman–Crippen MR) is 62.1 cm³/mol. The first-order valence-electron chi connectivity index (χ1n) is 5.01. The van der Waals surface area contributed by atoms with Crippen molar-refractivity contribution in [2.75, 3.05) is 0 Å². The maximum atomic E-state index is 11.9. The minimum atomic E-state index is -0.466. The standard InChI is InChI=1S/C10H12N4O3/c1-6-11-7-8(12-6)14(4-3-5-15)10(17)13(2)9(7)16/h3,5,15H,4H2,1-2H3,(H,11,12). The van der Waals surface area contributed by atoms with Gasteiger partial charge in [0, 0.05) is 7.05 Å². The average Bonchev–Trinajstić information content (AvgIpc) is 2.68. The van der Waals surface area contributed by atoms with Crippen LogP contribution >= 0.6 is 0 Å². The number of fused-ring (bicyclic) bond motifs is 1. The number of aromatic nitrogens is 4. The molecular weight excluding hydrogens is 224 g/mol. The summed E-state index contributed by atoms with van der Waals surface area (Å²) >= 11 is 0. The highest BCUT2D eigenvalue weighted by molar-refractivity contribution is 5.69. The number of rotatable bonds is 2. The van der Waals surface area contributed by atoms with E-state index in [1.165, 1.54) is 17.7 Å². The molecule has 2 heterocycles. The fourth-order valence-corrected chi connectivity index (χ4v) is 1.67. The molecule has 0 amide bonds. The lowest BCUT2D eigenvalue weighted by Gasteiger charge is -2.05. The Balaban J connectivity index is 2.89. The smallest absolute Gasteiger partial charge is 0.332 e. The highest BCUT2D eigenvalue weighted by Gasteiger charge is 2.13. The minimum Gasteiger partial charge on any atom is -0.516 e. The van der Waals surface area contributed by atoms with Gasteiger partial charge in [-0.25, -0.2) is 9.78 Å². The van der Waals surface area contributed by atoms with Gasteiger partial charge < -0.3 is 10.1 Å². The molecule has 0 fully saturated rings. The molecule has 0 atom stereocenters. The second-order valence-corrected chi connectivity index (χ2v) is 3.66. The van der Waals surface area contributed by atoms with Crippen LogP contribution in [-0.2, 0) is 13.6 Å². The molecule has 0 unspecified atom stereocenters. The molecule has 2 N–H and O–H groups in total. The number of hydrogen-bond donors (Lipinski definition) is 2. The molecule has 0 saturated carbocycles. The average molecular weight is 236 g/mol. The molecule has 17 heavy (non-hydrogen) atoms. The van der Waals surface area contributed by atoms with E-state index in [9.17, 15) is 9.59 Å². The molecular formula is C10H12N4O3. The Labute approximate surface area is 95.7 Å². The third kappa shape index (κ3) is 1.65. The second kappa shape index (κ2) is 3.93. The van der Waals surface area contributed by atoms with Crippen LogP contribution in [0, 0.1) is 6.92 Å². The quantitative estimate of drug-likeness (QED) is 0.706. The van der Waals surface area contributed by atoms with Gasteiger partial charge >= 0.3 is 5.69 Å². The van der Waals surface area contributed by atoms with Crippen molar-refractivity contribution in [1.29, 1.82) is 0 Å². The van der Waals surface area contributed by atoms with Crippen LogP contribution in [0.5, 0.6) is 0 Å². The van der Waals surface area contributed by atoms with Crippen LogP contribution in [-0.4, -0.2) is 24.2 Å². The van der Waals surface area contributed by atoms with Crippen LogP contribution in [0.25, 0.3) is 11.2 Å². The van der Waals surface area contributed by atoms with Crippen LogP contribution in [0.2, 0.25) is 0 Å². The third-order valence-electron chi connectivity index (χ3n) is 2.49. The largest absolute Gasteiger partial charge is 0.516 e. The van der Waals surface area contributed by atoms with Crippen molar-refractivity contribution in [2.45, 2.75) is 13.5 Å². The van der Waals surface area contributed by atoms with Crippen molar-refractivity contribution in [3.63, 3.8) is 0 Å². The Morgan fingerprint density at radius 1 is 1.47 bits per heavy atom. The topological polar surface area (TPSA) is 92.9 Å². The van der Waals surface area contributed by atoms with E-state index in [0.29, 0.717) is 11.5 Å². The molecule has 0 aliphatic heterocycles. The summed E-state index contributed by atoms with van der Waals surface area (Å²) in [5.41, 5.74) is -0.286. The first-order chi connectivity index (χ1) is 8.06. The lowest BCUT2D eigenvalue weighted by atomic mass is 10.5. The molecule has 0 spiro atoms. The summed E-state index contributed by atoms with van der Waals surface area (Å²) < 4.78 is 2.32. The van der Waals surface area contributed by atoms with Gasteiger partial charge in [-0.05, 0) is 13.0 Å². The van der Waals surface area contributed by atoms with E-state index >= 15 is 0 Å². The number of aliphatic hydroxyl groups is 1. The van der Waals surface area contributed by atoms with E-state index in [1.54, 1.807) is 6.92 Å². The van der Waals surface area contributed by atoms with Gasteiger partial charge in [0.2, 0.25) is 0 Å². The van der Waals surface area contributed by atoms with Gasteiger partial charge in [-0.15, -0.1) is 0 Å². The number of nitrogens with one attached hydrogen (secondary N) is 1. The molecule has 0 bridgehead atoms. The van der Waals surface area contributed by atoms with Crippen LogP contribution in [0.15, 0.2) is 21.9 Å².